The fourth-order valence-corrected chi connectivity index (χ4v) is 5.99. The maximum absolute atomic E-state index is 13.1. The van der Waals surface area contributed by atoms with Gasteiger partial charge in [-0.2, -0.15) is 0 Å². The van der Waals surface area contributed by atoms with Crippen molar-refractivity contribution in [3.8, 4) is 0 Å². The summed E-state index contributed by atoms with van der Waals surface area (Å²) in [7, 11) is 5.29. The molecular formula is C35H65N3O12. The fraction of sp³-hybridized carbons (Fsp3) is 0.829. The molecule has 0 saturated carbocycles. The third kappa shape index (κ3) is 14.6. The Kier molecular flexibility index (Phi) is 22.9. The number of likely N-dealkylation sites (N-methyl/N-ethyl adjacent to an activating group) is 1. The number of nitrogens with zero attached hydrogens (tertiary/aromatic N) is 1. The summed E-state index contributed by atoms with van der Waals surface area (Å²) < 4.78 is 26.1. The largest absolute Gasteiger partial charge is 0.462 e. The van der Waals surface area contributed by atoms with E-state index >= 15 is 0 Å². The molecule has 3 saturated heterocycles. The van der Waals surface area contributed by atoms with E-state index in [2.05, 4.69) is 11.1 Å². The Bertz CT molecular complexity index is 1090. The van der Waals surface area contributed by atoms with Gasteiger partial charge >= 0.3 is 18.0 Å². The summed E-state index contributed by atoms with van der Waals surface area (Å²) in [6.45, 7) is 19.3. The highest BCUT2D eigenvalue weighted by Gasteiger charge is 2.52. The Morgan fingerprint density at radius 1 is 1.04 bits per heavy atom. The molecule has 0 spiro atoms. The molecule has 3 heterocycles. The number of fused-ring (bicyclic) bond motifs is 1. The van der Waals surface area contributed by atoms with Crippen LogP contribution in [0.1, 0.15) is 102 Å². The van der Waals surface area contributed by atoms with Crippen LogP contribution in [0.2, 0.25) is 0 Å². The number of nitrogens with two attached hydrogens (primary N) is 1. The summed E-state index contributed by atoms with van der Waals surface area (Å²) in [6.07, 6.45) is -1.26. The zero-order valence-electron chi connectivity index (χ0n) is 32.7. The van der Waals surface area contributed by atoms with Crippen LogP contribution in [0.5, 0.6) is 0 Å². The van der Waals surface area contributed by atoms with Gasteiger partial charge in [-0.1, -0.05) is 41.5 Å². The van der Waals surface area contributed by atoms with Gasteiger partial charge in [-0.25, -0.2) is 4.79 Å². The Morgan fingerprint density at radius 3 is 2.10 bits per heavy atom. The molecule has 15 nitrogen and oxygen atoms in total. The fourth-order valence-electron chi connectivity index (χ4n) is 5.99. The van der Waals surface area contributed by atoms with Crippen molar-refractivity contribution < 1.29 is 57.6 Å². The summed E-state index contributed by atoms with van der Waals surface area (Å²) in [6, 6.07) is -0.724. The first-order valence-electron chi connectivity index (χ1n) is 17.4. The molecule has 3 aliphatic heterocycles. The van der Waals surface area contributed by atoms with Crippen LogP contribution in [0.25, 0.3) is 0 Å². The molecule has 7 unspecified atom stereocenters. The number of aliphatic hydroxyl groups excluding tert-OH is 1. The van der Waals surface area contributed by atoms with Crippen LogP contribution in [0, 0.1) is 17.8 Å². The van der Waals surface area contributed by atoms with Crippen LogP contribution in [-0.2, 0) is 47.7 Å². The van der Waals surface area contributed by atoms with Gasteiger partial charge in [0.15, 0.2) is 18.0 Å². The summed E-state index contributed by atoms with van der Waals surface area (Å²) in [4.78, 5) is 73.5. The van der Waals surface area contributed by atoms with E-state index in [1.54, 1.807) is 27.7 Å². The molecule has 0 aromatic heterocycles. The minimum Gasteiger partial charge on any atom is -0.462 e. The number of Topliss-reactive ketones (excluding diaryl/α,β-unsaturated/α-hetero) is 2. The SMILES string of the molecule is CC.CC.CC(=O)OC1C(O)OC(C)CC1N(C)C.CC1C(=O)CC[C@](C)(OC=O)C[C@@H](C)C(=O)C(C)C2NC(=O)O[C@]2(C)COC1=O.CN. The third-order valence-corrected chi connectivity index (χ3v) is 8.57. The standard InChI is InChI=1S/C20H29NO8.C10H19NO4.2C2H6.CH5N/c1-11-8-19(4,28-10-22)7-6-14(23)12(2)17(25)27-9-20(5)16(13(3)15(11)24)21-18(26)29-20;1-6-5-8(11(3)4)9(10(13)14-6)15-7(2)12;3*1-2/h10-13,16H,6-9H2,1-5H3,(H,21,26);6,8-10,13H,5H2,1-4H3;2*1-2H3;2H2,1H3/t11-,12?,13?,16?,19+,20-;;;;/m1..../s1. The predicted molar refractivity (Wildman–Crippen MR) is 187 cm³/mol. The third-order valence-electron chi connectivity index (χ3n) is 8.57. The van der Waals surface area contributed by atoms with Crippen LogP contribution in [0.3, 0.4) is 0 Å². The van der Waals surface area contributed by atoms with Gasteiger partial charge in [0, 0.05) is 25.2 Å². The molecule has 3 fully saturated rings. The van der Waals surface area contributed by atoms with Crippen LogP contribution in [-0.4, -0.2) is 116 Å². The monoisotopic (exact) mass is 719 g/mol. The summed E-state index contributed by atoms with van der Waals surface area (Å²) in [5.41, 5.74) is 2.20. The first-order valence-corrected chi connectivity index (χ1v) is 17.4. The van der Waals surface area contributed by atoms with Gasteiger partial charge in [0.1, 0.15) is 29.7 Å². The molecule has 10 atom stereocenters. The zero-order chi connectivity index (χ0) is 39.6. The number of esters is 2. The molecule has 15 heteroatoms. The van der Waals surface area contributed by atoms with Gasteiger partial charge in [0.2, 0.25) is 0 Å². The highest BCUT2D eigenvalue weighted by Crippen LogP contribution is 2.34. The molecule has 50 heavy (non-hydrogen) atoms. The van der Waals surface area contributed by atoms with Gasteiger partial charge < -0.3 is 44.7 Å². The lowest BCUT2D eigenvalue weighted by Gasteiger charge is -2.40. The number of ether oxygens (including phenoxy) is 5. The van der Waals surface area contributed by atoms with Crippen LogP contribution < -0.4 is 11.1 Å². The molecule has 292 valence electrons. The number of cyclic esters (lactones) is 1. The van der Waals surface area contributed by atoms with Gasteiger partial charge in [0.05, 0.1) is 18.2 Å². The number of carbonyl (C=O) groups is 6. The molecule has 0 aliphatic carbocycles. The highest BCUT2D eigenvalue weighted by atomic mass is 16.7. The zero-order valence-corrected chi connectivity index (χ0v) is 32.7. The van der Waals surface area contributed by atoms with E-state index in [-0.39, 0.29) is 49.6 Å². The summed E-state index contributed by atoms with van der Waals surface area (Å²) in [5, 5.41) is 12.3. The lowest BCUT2D eigenvalue weighted by Crippen LogP contribution is -2.54. The highest BCUT2D eigenvalue weighted by molar-refractivity contribution is 5.98. The average Bonchev–Trinajstić information content (AvgIpc) is 3.38. The van der Waals surface area contributed by atoms with E-state index in [1.165, 1.54) is 20.9 Å². The molecule has 0 aromatic rings. The van der Waals surface area contributed by atoms with Crippen molar-refractivity contribution in [3.63, 3.8) is 0 Å². The van der Waals surface area contributed by atoms with E-state index in [9.17, 15) is 33.9 Å². The minimum absolute atomic E-state index is 0.00644. The van der Waals surface area contributed by atoms with E-state index in [1.807, 2.05) is 53.6 Å². The smallest absolute Gasteiger partial charge is 0.408 e. The number of hydrogen-bond donors (Lipinski definition) is 3. The van der Waals surface area contributed by atoms with E-state index in [0.717, 1.165) is 6.42 Å². The number of rotatable bonds is 4. The molecule has 3 rings (SSSR count). The molecule has 0 aromatic carbocycles. The van der Waals surface area contributed by atoms with Gasteiger partial charge in [-0.3, -0.25) is 24.0 Å². The lowest BCUT2D eigenvalue weighted by molar-refractivity contribution is -0.240. The number of hydrogen-bond acceptors (Lipinski definition) is 14. The quantitative estimate of drug-likeness (QED) is 0.165. The molecule has 3 aliphatic rings. The number of amides is 1. The second kappa shape index (κ2) is 23.4. The second-order valence-corrected chi connectivity index (χ2v) is 12.8. The number of carbonyl (C=O) groups excluding carboxylic acids is 6. The van der Waals surface area contributed by atoms with Crippen LogP contribution in [0.15, 0.2) is 0 Å². The van der Waals surface area contributed by atoms with E-state index < -0.39 is 65.4 Å². The van der Waals surface area contributed by atoms with Crippen molar-refractivity contribution in [1.29, 1.82) is 0 Å². The molecule has 0 radical (unpaired) electrons. The number of aliphatic hydroxyl groups is 1. The molecular weight excluding hydrogens is 654 g/mol. The minimum atomic E-state index is -1.25. The van der Waals surface area contributed by atoms with Crippen LogP contribution in [0.4, 0.5) is 4.79 Å². The average molecular weight is 720 g/mol. The van der Waals surface area contributed by atoms with Crippen LogP contribution >= 0.6 is 0 Å². The summed E-state index contributed by atoms with van der Waals surface area (Å²) in [5.74, 6) is -3.80. The van der Waals surface area contributed by atoms with Gasteiger partial charge in [0.25, 0.3) is 6.47 Å². The maximum atomic E-state index is 13.1. The first kappa shape index (κ1) is 49.0. The first-order chi connectivity index (χ1) is 23.3. The molecule has 1 amide bonds. The second-order valence-electron chi connectivity index (χ2n) is 12.8. The van der Waals surface area contributed by atoms with Crippen molar-refractivity contribution in [2.75, 3.05) is 27.7 Å². The summed E-state index contributed by atoms with van der Waals surface area (Å²) >= 11 is 0. The Balaban J connectivity index is 0. The Labute approximate surface area is 298 Å². The van der Waals surface area contributed by atoms with Crippen molar-refractivity contribution in [2.24, 2.45) is 23.5 Å². The van der Waals surface area contributed by atoms with Gasteiger partial charge in [-0.05, 0) is 68.1 Å². The molecule has 4 N–H and O–H groups in total. The van der Waals surface area contributed by atoms with Gasteiger partial charge in [-0.15, -0.1) is 0 Å². The van der Waals surface area contributed by atoms with E-state index in [4.69, 9.17) is 23.7 Å². The number of alkyl carbamates (subject to hydrolysis) is 1. The van der Waals surface area contributed by atoms with Crippen molar-refractivity contribution >= 4 is 36.1 Å². The van der Waals surface area contributed by atoms with E-state index in [0.29, 0.717) is 6.47 Å². The number of ketones is 2. The normalized spacial score (nSPS) is 34.3. The Morgan fingerprint density at radius 2 is 1.60 bits per heavy atom. The molecule has 0 bridgehead atoms. The van der Waals surface area contributed by atoms with Crippen molar-refractivity contribution in [1.82, 2.24) is 10.2 Å². The lowest BCUT2D eigenvalue weighted by atomic mass is 9.78. The topological polar surface area (TPSA) is 210 Å². The number of nitrogens with one attached hydrogen (secondary N) is 1. The van der Waals surface area contributed by atoms with Crippen molar-refractivity contribution in [2.45, 2.75) is 144 Å². The van der Waals surface area contributed by atoms with Crippen molar-refractivity contribution in [3.05, 3.63) is 0 Å². The Hall–Kier alpha value is -3.14. The predicted octanol–water partition coefficient (Wildman–Crippen LogP) is 3.16. The maximum Gasteiger partial charge on any atom is 0.408 e.